The number of halogens is 3. The van der Waals surface area contributed by atoms with E-state index in [2.05, 4.69) is 20.5 Å². The fourth-order valence-corrected chi connectivity index (χ4v) is 2.59. The van der Waals surface area contributed by atoms with Gasteiger partial charge < -0.3 is 5.32 Å². The molecule has 122 valence electrons. The highest BCUT2D eigenvalue weighted by Crippen LogP contribution is 2.49. The molecule has 0 radical (unpaired) electrons. The molecule has 8 heteroatoms. The zero-order chi connectivity index (χ0) is 16.7. The number of benzene rings is 1. The zero-order valence-corrected chi connectivity index (χ0v) is 12.3. The topological polar surface area (TPSA) is 70.7 Å². The van der Waals surface area contributed by atoms with Gasteiger partial charge in [-0.1, -0.05) is 18.2 Å². The van der Waals surface area contributed by atoms with Crippen molar-refractivity contribution in [2.24, 2.45) is 0 Å². The van der Waals surface area contributed by atoms with Crippen LogP contribution in [0.1, 0.15) is 42.8 Å². The molecular formula is C15H15F3N4O. The minimum atomic E-state index is -4.42. The summed E-state index contributed by atoms with van der Waals surface area (Å²) in [5.41, 5.74) is -1.22. The number of amides is 1. The normalized spacial score (nSPS) is 17.6. The SMILES string of the molecule is C[C@H](NC(=O)C1(c2cccc(C(F)(F)F)c2)CC1)c1ncn[nH]1. The van der Waals surface area contributed by atoms with Gasteiger partial charge in [-0.2, -0.15) is 18.3 Å². The standard InChI is InChI=1S/C15H15F3N4O/c1-9(12-19-8-20-22-12)21-13(23)14(5-6-14)10-3-2-4-11(7-10)15(16,17)18/h2-4,7-9H,5-6H2,1H3,(H,21,23)(H,19,20,22)/t9-/m0/s1. The molecule has 1 fully saturated rings. The van der Waals surface area contributed by atoms with Gasteiger partial charge in [-0.25, -0.2) is 4.98 Å². The fourth-order valence-electron chi connectivity index (χ4n) is 2.59. The Labute approximate surface area is 130 Å². The van der Waals surface area contributed by atoms with Crippen molar-refractivity contribution in [3.8, 4) is 0 Å². The third-order valence-electron chi connectivity index (χ3n) is 4.12. The molecule has 3 rings (SSSR count). The molecule has 1 aromatic heterocycles. The summed E-state index contributed by atoms with van der Waals surface area (Å²) in [6.45, 7) is 1.74. The quantitative estimate of drug-likeness (QED) is 0.908. The second-order valence-electron chi connectivity index (χ2n) is 5.73. The number of nitrogens with zero attached hydrogens (tertiary/aromatic N) is 2. The summed E-state index contributed by atoms with van der Waals surface area (Å²) < 4.78 is 38.6. The van der Waals surface area contributed by atoms with Crippen molar-refractivity contribution in [1.29, 1.82) is 0 Å². The molecule has 2 N–H and O–H groups in total. The average Bonchev–Trinajstić information content (AvgIpc) is 3.13. The van der Waals surface area contributed by atoms with Crippen LogP contribution in [0.15, 0.2) is 30.6 Å². The van der Waals surface area contributed by atoms with Crippen molar-refractivity contribution in [3.63, 3.8) is 0 Å². The maximum atomic E-state index is 12.9. The number of carbonyl (C=O) groups is 1. The largest absolute Gasteiger partial charge is 0.416 e. The maximum Gasteiger partial charge on any atom is 0.416 e. The number of nitrogens with one attached hydrogen (secondary N) is 2. The first-order chi connectivity index (χ1) is 10.8. The van der Waals surface area contributed by atoms with Gasteiger partial charge in [-0.15, -0.1) is 0 Å². The van der Waals surface area contributed by atoms with Crippen molar-refractivity contribution in [2.45, 2.75) is 37.4 Å². The Morgan fingerprint density at radius 2 is 2.13 bits per heavy atom. The number of rotatable bonds is 4. The molecule has 0 unspecified atom stereocenters. The van der Waals surface area contributed by atoms with Crippen LogP contribution < -0.4 is 5.32 Å². The highest BCUT2D eigenvalue weighted by atomic mass is 19.4. The van der Waals surface area contributed by atoms with Crippen LogP contribution in [0.25, 0.3) is 0 Å². The van der Waals surface area contributed by atoms with Crippen molar-refractivity contribution in [2.75, 3.05) is 0 Å². The number of aromatic nitrogens is 3. The van der Waals surface area contributed by atoms with E-state index < -0.39 is 23.2 Å². The molecule has 1 aliphatic rings. The molecule has 0 bridgehead atoms. The van der Waals surface area contributed by atoms with E-state index >= 15 is 0 Å². The third kappa shape index (κ3) is 2.93. The van der Waals surface area contributed by atoms with E-state index in [-0.39, 0.29) is 5.91 Å². The van der Waals surface area contributed by atoms with Crippen molar-refractivity contribution in [1.82, 2.24) is 20.5 Å². The van der Waals surface area contributed by atoms with E-state index in [0.717, 1.165) is 12.1 Å². The predicted molar refractivity (Wildman–Crippen MR) is 75.3 cm³/mol. The highest BCUT2D eigenvalue weighted by molar-refractivity contribution is 5.91. The van der Waals surface area contributed by atoms with Gasteiger partial charge in [0.1, 0.15) is 12.2 Å². The van der Waals surface area contributed by atoms with E-state index in [0.29, 0.717) is 24.2 Å². The van der Waals surface area contributed by atoms with E-state index in [1.807, 2.05) is 0 Å². The van der Waals surface area contributed by atoms with Gasteiger partial charge in [0.25, 0.3) is 0 Å². The molecule has 1 atom stereocenters. The van der Waals surface area contributed by atoms with E-state index in [4.69, 9.17) is 0 Å². The van der Waals surface area contributed by atoms with Crippen LogP contribution in [0.4, 0.5) is 13.2 Å². The van der Waals surface area contributed by atoms with Crippen LogP contribution in [0, 0.1) is 0 Å². The Bertz CT molecular complexity index is 708. The number of aromatic amines is 1. The average molecular weight is 324 g/mol. The molecule has 23 heavy (non-hydrogen) atoms. The van der Waals surface area contributed by atoms with Crippen LogP contribution in [0.3, 0.4) is 0 Å². The molecule has 1 heterocycles. The lowest BCUT2D eigenvalue weighted by atomic mass is 9.93. The number of alkyl halides is 3. The van der Waals surface area contributed by atoms with Crippen LogP contribution in [0.2, 0.25) is 0 Å². The van der Waals surface area contributed by atoms with Gasteiger partial charge in [-0.3, -0.25) is 9.89 Å². The number of hydrogen-bond acceptors (Lipinski definition) is 3. The summed E-state index contributed by atoms with van der Waals surface area (Å²) in [6.07, 6.45) is -2.03. The summed E-state index contributed by atoms with van der Waals surface area (Å²) in [5, 5.41) is 9.16. The maximum absolute atomic E-state index is 12.9. The number of hydrogen-bond donors (Lipinski definition) is 2. The lowest BCUT2D eigenvalue weighted by Crippen LogP contribution is -2.36. The molecule has 1 aromatic carbocycles. The van der Waals surface area contributed by atoms with Gasteiger partial charge in [0.15, 0.2) is 0 Å². The lowest BCUT2D eigenvalue weighted by molar-refractivity contribution is -0.137. The lowest BCUT2D eigenvalue weighted by Gasteiger charge is -2.19. The number of carbonyl (C=O) groups excluding carboxylic acids is 1. The third-order valence-corrected chi connectivity index (χ3v) is 4.12. The molecule has 2 aromatic rings. The van der Waals surface area contributed by atoms with Crippen LogP contribution >= 0.6 is 0 Å². The second-order valence-corrected chi connectivity index (χ2v) is 5.73. The first-order valence-corrected chi connectivity index (χ1v) is 7.17. The summed E-state index contributed by atoms with van der Waals surface area (Å²) in [6, 6.07) is 4.58. The van der Waals surface area contributed by atoms with Gasteiger partial charge >= 0.3 is 6.18 Å². The molecule has 5 nitrogen and oxygen atoms in total. The highest BCUT2D eigenvalue weighted by Gasteiger charge is 2.52. The Balaban J connectivity index is 1.81. The fraction of sp³-hybridized carbons (Fsp3) is 0.400. The first kappa shape index (κ1) is 15.5. The van der Waals surface area contributed by atoms with Crippen molar-refractivity contribution >= 4 is 5.91 Å². The molecule has 0 aliphatic heterocycles. The van der Waals surface area contributed by atoms with E-state index in [1.165, 1.54) is 12.4 Å². The molecule has 1 aliphatic carbocycles. The molecule has 1 amide bonds. The predicted octanol–water partition coefficient (Wildman–Crippen LogP) is 2.73. The van der Waals surface area contributed by atoms with E-state index in [1.54, 1.807) is 13.0 Å². The summed E-state index contributed by atoms with van der Waals surface area (Å²) >= 11 is 0. The minimum absolute atomic E-state index is 0.291. The summed E-state index contributed by atoms with van der Waals surface area (Å²) in [5.74, 6) is 0.207. The van der Waals surface area contributed by atoms with Gasteiger partial charge in [0, 0.05) is 0 Å². The van der Waals surface area contributed by atoms with Gasteiger partial charge in [-0.05, 0) is 31.4 Å². The van der Waals surface area contributed by atoms with Crippen molar-refractivity contribution < 1.29 is 18.0 Å². The molecule has 0 spiro atoms. The molecule has 0 saturated heterocycles. The second kappa shape index (κ2) is 5.36. The Morgan fingerprint density at radius 3 is 2.70 bits per heavy atom. The van der Waals surface area contributed by atoms with Crippen molar-refractivity contribution in [3.05, 3.63) is 47.5 Å². The van der Waals surface area contributed by atoms with Gasteiger partial charge in [0.2, 0.25) is 5.91 Å². The van der Waals surface area contributed by atoms with Crippen LogP contribution in [-0.4, -0.2) is 21.1 Å². The Hall–Kier alpha value is -2.38. The molecule has 1 saturated carbocycles. The zero-order valence-electron chi connectivity index (χ0n) is 12.3. The van der Waals surface area contributed by atoms with Crippen LogP contribution in [0.5, 0.6) is 0 Å². The van der Waals surface area contributed by atoms with Crippen LogP contribution in [-0.2, 0) is 16.4 Å². The smallest absolute Gasteiger partial charge is 0.346 e. The van der Waals surface area contributed by atoms with E-state index in [9.17, 15) is 18.0 Å². The monoisotopic (exact) mass is 324 g/mol. The Kier molecular flexibility index (Phi) is 3.62. The Morgan fingerprint density at radius 1 is 1.39 bits per heavy atom. The van der Waals surface area contributed by atoms with Gasteiger partial charge in [0.05, 0.1) is 17.0 Å². The summed E-state index contributed by atoms with van der Waals surface area (Å²) in [4.78, 5) is 16.5. The first-order valence-electron chi connectivity index (χ1n) is 7.17. The summed E-state index contributed by atoms with van der Waals surface area (Å²) in [7, 11) is 0. The number of H-pyrrole nitrogens is 1. The minimum Gasteiger partial charge on any atom is -0.346 e. The molecular weight excluding hydrogens is 309 g/mol.